The molecule has 2 heterocycles. The van der Waals surface area contributed by atoms with Crippen LogP contribution in [0.2, 0.25) is 0 Å². The number of ether oxygens (including phenoxy) is 1. The van der Waals surface area contributed by atoms with Crippen LogP contribution in [0.4, 0.5) is 5.69 Å². The van der Waals surface area contributed by atoms with Gasteiger partial charge in [-0.25, -0.2) is 0 Å². The molecule has 1 aliphatic heterocycles. The fourth-order valence-electron chi connectivity index (χ4n) is 4.47. The Morgan fingerprint density at radius 1 is 0.882 bits per heavy atom. The van der Waals surface area contributed by atoms with E-state index in [0.29, 0.717) is 5.75 Å². The number of nitrogens with zero attached hydrogens (tertiary/aromatic N) is 3. The molecule has 34 heavy (non-hydrogen) atoms. The standard InChI is InChI=1S/C28H30N4O2/c33-28(20-22-9-7-12-24(19-22)34-23-10-3-1-4-11-23)29-26-13-8-14-27-25(26)21-32(30-27)18-17-31-15-5-2-6-16-31/h1,3-4,7-14,19,21H,2,5-6,15-18,20H2,(H,29,33). The van der Waals surface area contributed by atoms with E-state index in [-0.39, 0.29) is 12.3 Å². The highest BCUT2D eigenvalue weighted by Gasteiger charge is 2.13. The third kappa shape index (κ3) is 5.64. The molecule has 0 aliphatic carbocycles. The zero-order valence-corrected chi connectivity index (χ0v) is 19.3. The maximum absolute atomic E-state index is 12.8. The molecule has 0 unspecified atom stereocenters. The second-order valence-corrected chi connectivity index (χ2v) is 8.82. The first-order valence-corrected chi connectivity index (χ1v) is 12.0. The van der Waals surface area contributed by atoms with Gasteiger partial charge in [0.25, 0.3) is 0 Å². The van der Waals surface area contributed by atoms with Crippen molar-refractivity contribution < 1.29 is 9.53 Å². The number of carbonyl (C=O) groups is 1. The van der Waals surface area contributed by atoms with Crippen LogP contribution in [0.3, 0.4) is 0 Å². The van der Waals surface area contributed by atoms with Gasteiger partial charge in [0.1, 0.15) is 11.5 Å². The van der Waals surface area contributed by atoms with E-state index < -0.39 is 0 Å². The van der Waals surface area contributed by atoms with Gasteiger partial charge in [0.15, 0.2) is 0 Å². The molecule has 0 atom stereocenters. The minimum atomic E-state index is -0.0644. The molecule has 1 saturated heterocycles. The summed E-state index contributed by atoms with van der Waals surface area (Å²) in [5.74, 6) is 1.42. The maximum atomic E-state index is 12.8. The minimum Gasteiger partial charge on any atom is -0.457 e. The van der Waals surface area contributed by atoms with Crippen molar-refractivity contribution >= 4 is 22.5 Å². The number of para-hydroxylation sites is 1. The monoisotopic (exact) mass is 454 g/mol. The number of carbonyl (C=O) groups excluding carboxylic acids is 1. The van der Waals surface area contributed by atoms with Gasteiger partial charge in [0.2, 0.25) is 5.91 Å². The Morgan fingerprint density at radius 3 is 2.53 bits per heavy atom. The number of likely N-dealkylation sites (tertiary alicyclic amines) is 1. The summed E-state index contributed by atoms with van der Waals surface area (Å²) in [5.41, 5.74) is 2.59. The van der Waals surface area contributed by atoms with Crippen LogP contribution in [0.15, 0.2) is 79.0 Å². The van der Waals surface area contributed by atoms with Crippen LogP contribution in [-0.4, -0.2) is 40.2 Å². The molecule has 1 N–H and O–H groups in total. The first-order valence-electron chi connectivity index (χ1n) is 12.0. The summed E-state index contributed by atoms with van der Waals surface area (Å²) >= 11 is 0. The summed E-state index contributed by atoms with van der Waals surface area (Å²) in [6.07, 6.45) is 6.24. The fourth-order valence-corrected chi connectivity index (χ4v) is 4.47. The van der Waals surface area contributed by atoms with Crippen molar-refractivity contribution in [2.75, 3.05) is 25.0 Å². The number of nitrogens with one attached hydrogen (secondary N) is 1. The molecule has 1 fully saturated rings. The van der Waals surface area contributed by atoms with Gasteiger partial charge in [-0.1, -0.05) is 42.8 Å². The number of piperidine rings is 1. The summed E-state index contributed by atoms with van der Waals surface area (Å²) in [4.78, 5) is 15.4. The van der Waals surface area contributed by atoms with Crippen LogP contribution in [0, 0.1) is 0 Å². The van der Waals surface area contributed by atoms with Gasteiger partial charge in [-0.05, 0) is 67.9 Å². The van der Waals surface area contributed by atoms with Crippen LogP contribution in [0.1, 0.15) is 24.8 Å². The first-order chi connectivity index (χ1) is 16.7. The van der Waals surface area contributed by atoms with Crippen molar-refractivity contribution in [1.29, 1.82) is 0 Å². The van der Waals surface area contributed by atoms with Gasteiger partial charge in [-0.2, -0.15) is 5.10 Å². The number of anilines is 1. The second kappa shape index (κ2) is 10.5. The minimum absolute atomic E-state index is 0.0644. The molecular formula is C28H30N4O2. The topological polar surface area (TPSA) is 59.4 Å². The molecule has 1 aliphatic rings. The molecule has 6 nitrogen and oxygen atoms in total. The molecule has 4 aromatic rings. The van der Waals surface area contributed by atoms with Crippen molar-refractivity contribution in [2.24, 2.45) is 0 Å². The van der Waals surface area contributed by atoms with Crippen molar-refractivity contribution in [3.8, 4) is 11.5 Å². The van der Waals surface area contributed by atoms with Gasteiger partial charge in [0.05, 0.1) is 24.2 Å². The van der Waals surface area contributed by atoms with Gasteiger partial charge < -0.3 is 15.0 Å². The van der Waals surface area contributed by atoms with Crippen molar-refractivity contribution in [2.45, 2.75) is 32.2 Å². The lowest BCUT2D eigenvalue weighted by molar-refractivity contribution is -0.115. The maximum Gasteiger partial charge on any atom is 0.228 e. The first kappa shape index (κ1) is 22.2. The number of rotatable bonds is 8. The summed E-state index contributed by atoms with van der Waals surface area (Å²) in [6, 6.07) is 23.2. The van der Waals surface area contributed by atoms with Gasteiger partial charge in [-0.3, -0.25) is 9.48 Å². The highest BCUT2D eigenvalue weighted by molar-refractivity contribution is 6.01. The average molecular weight is 455 g/mol. The summed E-state index contributed by atoms with van der Waals surface area (Å²) in [6.45, 7) is 4.23. The molecule has 3 aromatic carbocycles. The Labute approximate surface area is 200 Å². The van der Waals surface area contributed by atoms with Crippen LogP contribution >= 0.6 is 0 Å². The number of amides is 1. The van der Waals surface area contributed by atoms with Gasteiger partial charge in [-0.15, -0.1) is 0 Å². The summed E-state index contributed by atoms with van der Waals surface area (Å²) in [7, 11) is 0. The lowest BCUT2D eigenvalue weighted by atomic mass is 10.1. The van der Waals surface area contributed by atoms with E-state index in [1.807, 2.05) is 83.7 Å². The van der Waals surface area contributed by atoms with Gasteiger partial charge >= 0.3 is 0 Å². The number of hydrogen-bond donors (Lipinski definition) is 1. The summed E-state index contributed by atoms with van der Waals surface area (Å²) < 4.78 is 7.90. The zero-order chi connectivity index (χ0) is 23.2. The molecule has 0 radical (unpaired) electrons. The van der Waals surface area contributed by atoms with Crippen LogP contribution in [-0.2, 0) is 17.8 Å². The lowest BCUT2D eigenvalue weighted by Crippen LogP contribution is -2.32. The summed E-state index contributed by atoms with van der Waals surface area (Å²) in [5, 5.41) is 8.77. The molecule has 5 rings (SSSR count). The van der Waals surface area contributed by atoms with Crippen LogP contribution in [0.5, 0.6) is 11.5 Å². The number of fused-ring (bicyclic) bond motifs is 1. The third-order valence-corrected chi connectivity index (χ3v) is 6.21. The van der Waals surface area contributed by atoms with E-state index in [0.717, 1.165) is 41.0 Å². The normalized spacial score (nSPS) is 14.2. The Bertz CT molecular complexity index is 1250. The van der Waals surface area contributed by atoms with Crippen LogP contribution in [0.25, 0.3) is 10.9 Å². The third-order valence-electron chi connectivity index (χ3n) is 6.21. The molecule has 174 valence electrons. The van der Waals surface area contributed by atoms with E-state index in [2.05, 4.69) is 10.2 Å². The highest BCUT2D eigenvalue weighted by atomic mass is 16.5. The molecule has 1 aromatic heterocycles. The Balaban J connectivity index is 1.23. The molecule has 0 spiro atoms. The van der Waals surface area contributed by atoms with Gasteiger partial charge in [0, 0.05) is 18.1 Å². The Kier molecular flexibility index (Phi) is 6.86. The van der Waals surface area contributed by atoms with Crippen molar-refractivity contribution in [1.82, 2.24) is 14.7 Å². The van der Waals surface area contributed by atoms with Crippen LogP contribution < -0.4 is 10.1 Å². The van der Waals surface area contributed by atoms with E-state index in [1.165, 1.54) is 32.4 Å². The van der Waals surface area contributed by atoms with Crippen molar-refractivity contribution in [3.05, 3.63) is 84.6 Å². The SMILES string of the molecule is O=C(Cc1cccc(Oc2ccccc2)c1)Nc1cccc2nn(CCN3CCCCC3)cc12. The molecule has 0 saturated carbocycles. The lowest BCUT2D eigenvalue weighted by Gasteiger charge is -2.26. The highest BCUT2D eigenvalue weighted by Crippen LogP contribution is 2.24. The Morgan fingerprint density at radius 2 is 1.68 bits per heavy atom. The average Bonchev–Trinajstić information content (AvgIpc) is 3.29. The molecule has 1 amide bonds. The zero-order valence-electron chi connectivity index (χ0n) is 19.3. The molecule has 6 heteroatoms. The molecule has 0 bridgehead atoms. The van der Waals surface area contributed by atoms with E-state index in [9.17, 15) is 4.79 Å². The number of benzene rings is 3. The Hall–Kier alpha value is -3.64. The van der Waals surface area contributed by atoms with E-state index >= 15 is 0 Å². The second-order valence-electron chi connectivity index (χ2n) is 8.82. The van der Waals surface area contributed by atoms with E-state index in [1.54, 1.807) is 0 Å². The smallest absolute Gasteiger partial charge is 0.228 e. The molecular weight excluding hydrogens is 424 g/mol. The largest absolute Gasteiger partial charge is 0.457 e. The van der Waals surface area contributed by atoms with E-state index in [4.69, 9.17) is 9.84 Å². The fraction of sp³-hybridized carbons (Fsp3) is 0.286. The number of hydrogen-bond acceptors (Lipinski definition) is 4. The number of aromatic nitrogens is 2. The van der Waals surface area contributed by atoms with Crippen molar-refractivity contribution in [3.63, 3.8) is 0 Å². The predicted molar refractivity (Wildman–Crippen MR) is 135 cm³/mol. The quantitative estimate of drug-likeness (QED) is 0.382. The predicted octanol–water partition coefficient (Wildman–Crippen LogP) is 5.50.